The zero-order chi connectivity index (χ0) is 18.3. The summed E-state index contributed by atoms with van der Waals surface area (Å²) in [7, 11) is -3.58. The third kappa shape index (κ3) is 6.69. The van der Waals surface area contributed by atoms with Gasteiger partial charge in [0, 0.05) is 36.6 Å². The monoisotopic (exact) mass is 431 g/mol. The van der Waals surface area contributed by atoms with Gasteiger partial charge in [-0.15, -0.1) is 0 Å². The zero-order valence-electron chi connectivity index (χ0n) is 14.5. The van der Waals surface area contributed by atoms with Crippen LogP contribution in [0.2, 0.25) is 0 Å². The Morgan fingerprint density at radius 3 is 2.48 bits per heavy atom. The van der Waals surface area contributed by atoms with Crippen molar-refractivity contribution >= 4 is 31.9 Å². The van der Waals surface area contributed by atoms with E-state index in [0.717, 1.165) is 43.4 Å². The Hall–Kier alpha value is -0.960. The van der Waals surface area contributed by atoms with Crippen LogP contribution in [-0.4, -0.2) is 51.4 Å². The fourth-order valence-corrected chi connectivity index (χ4v) is 4.21. The van der Waals surface area contributed by atoms with Crippen LogP contribution in [0.4, 0.5) is 0 Å². The summed E-state index contributed by atoms with van der Waals surface area (Å²) >= 11 is 3.27. The van der Waals surface area contributed by atoms with Crippen molar-refractivity contribution in [3.05, 3.63) is 28.7 Å². The highest BCUT2D eigenvalue weighted by atomic mass is 79.9. The van der Waals surface area contributed by atoms with Crippen LogP contribution in [0.25, 0.3) is 0 Å². The van der Waals surface area contributed by atoms with Crippen LogP contribution in [0, 0.1) is 0 Å². The van der Waals surface area contributed by atoms with Gasteiger partial charge in [-0.1, -0.05) is 22.9 Å². The molecule has 0 atom stereocenters. The number of hydrogen-bond donors (Lipinski definition) is 2. The number of carbonyl (C=O) groups is 1. The average Bonchev–Trinajstić information content (AvgIpc) is 2.57. The lowest BCUT2D eigenvalue weighted by atomic mass is 10.0. The maximum Gasteiger partial charge on any atom is 0.240 e. The van der Waals surface area contributed by atoms with E-state index in [0.29, 0.717) is 0 Å². The lowest BCUT2D eigenvalue weighted by Crippen LogP contribution is -2.45. The number of carbonyl (C=O) groups excluding carboxylic acids is 1. The van der Waals surface area contributed by atoms with Crippen molar-refractivity contribution in [1.29, 1.82) is 0 Å². The number of sulfonamides is 1. The molecule has 0 bridgehead atoms. The van der Waals surface area contributed by atoms with E-state index in [1.165, 1.54) is 12.1 Å². The summed E-state index contributed by atoms with van der Waals surface area (Å²) in [6.45, 7) is 5.39. The number of amides is 1. The maximum absolute atomic E-state index is 12.1. The fourth-order valence-electron chi connectivity index (χ4n) is 2.91. The molecule has 6 nitrogen and oxygen atoms in total. The summed E-state index contributed by atoms with van der Waals surface area (Å²) in [5.41, 5.74) is 0. The minimum atomic E-state index is -3.58. The first kappa shape index (κ1) is 20.4. The number of piperidine rings is 1. The largest absolute Gasteiger partial charge is 0.353 e. The van der Waals surface area contributed by atoms with Gasteiger partial charge >= 0.3 is 0 Å². The molecular weight excluding hydrogens is 406 g/mol. The van der Waals surface area contributed by atoms with Crippen LogP contribution in [0.15, 0.2) is 33.6 Å². The molecule has 8 heteroatoms. The number of likely N-dealkylation sites (tertiary alicyclic amines) is 1. The second kappa shape index (κ2) is 9.66. The Morgan fingerprint density at radius 2 is 1.88 bits per heavy atom. The highest BCUT2D eigenvalue weighted by Gasteiger charge is 2.20. The molecule has 0 spiro atoms. The third-order valence-electron chi connectivity index (χ3n) is 4.26. The standard InChI is InChI=1S/C17H26BrN3O3S/c1-2-11-21-12-8-15(9-13-21)20-17(22)7-10-19-25(23,24)16-5-3-14(18)4-6-16/h3-6,15,19H,2,7-13H2,1H3,(H,20,22). The molecule has 0 unspecified atom stereocenters. The summed E-state index contributed by atoms with van der Waals surface area (Å²) in [6.07, 6.45) is 3.20. The summed E-state index contributed by atoms with van der Waals surface area (Å²) in [4.78, 5) is 14.6. The molecule has 1 amide bonds. The number of benzene rings is 1. The van der Waals surface area contributed by atoms with E-state index < -0.39 is 10.0 Å². The number of hydrogen-bond acceptors (Lipinski definition) is 4. The predicted molar refractivity (Wildman–Crippen MR) is 102 cm³/mol. The van der Waals surface area contributed by atoms with Crippen LogP contribution in [-0.2, 0) is 14.8 Å². The van der Waals surface area contributed by atoms with Gasteiger partial charge in [-0.2, -0.15) is 0 Å². The average molecular weight is 432 g/mol. The second-order valence-electron chi connectivity index (χ2n) is 6.29. The Balaban J connectivity index is 1.71. The van der Waals surface area contributed by atoms with E-state index in [1.54, 1.807) is 12.1 Å². The minimum Gasteiger partial charge on any atom is -0.353 e. The predicted octanol–water partition coefficient (Wildman–Crippen LogP) is 2.11. The molecule has 1 aliphatic heterocycles. The van der Waals surface area contributed by atoms with Crippen molar-refractivity contribution in [2.24, 2.45) is 0 Å². The molecule has 0 aliphatic carbocycles. The molecule has 1 aromatic carbocycles. The van der Waals surface area contributed by atoms with Crippen molar-refractivity contribution in [3.8, 4) is 0 Å². The van der Waals surface area contributed by atoms with E-state index in [4.69, 9.17) is 0 Å². The van der Waals surface area contributed by atoms with Crippen LogP contribution < -0.4 is 10.0 Å². The van der Waals surface area contributed by atoms with Gasteiger partial charge in [0.1, 0.15) is 0 Å². The van der Waals surface area contributed by atoms with Gasteiger partial charge in [-0.05, 0) is 50.1 Å². The summed E-state index contributed by atoms with van der Waals surface area (Å²) < 4.78 is 27.6. The number of nitrogens with zero attached hydrogens (tertiary/aromatic N) is 1. The number of rotatable bonds is 8. The SMILES string of the molecule is CCCN1CCC(NC(=O)CCNS(=O)(=O)c2ccc(Br)cc2)CC1. The molecule has 25 heavy (non-hydrogen) atoms. The summed E-state index contributed by atoms with van der Waals surface area (Å²) in [5, 5.41) is 3.01. The molecule has 0 saturated carbocycles. The summed E-state index contributed by atoms with van der Waals surface area (Å²) in [6, 6.07) is 6.59. The van der Waals surface area contributed by atoms with E-state index >= 15 is 0 Å². The van der Waals surface area contributed by atoms with Crippen LogP contribution in [0.3, 0.4) is 0 Å². The van der Waals surface area contributed by atoms with Gasteiger partial charge < -0.3 is 10.2 Å². The van der Waals surface area contributed by atoms with E-state index in [1.807, 2.05) is 0 Å². The van der Waals surface area contributed by atoms with Crippen molar-refractivity contribution in [2.45, 2.75) is 43.5 Å². The minimum absolute atomic E-state index is 0.0961. The van der Waals surface area contributed by atoms with E-state index in [2.05, 4.69) is 37.8 Å². The first-order valence-corrected chi connectivity index (χ1v) is 11.0. The molecule has 1 saturated heterocycles. The lowest BCUT2D eigenvalue weighted by Gasteiger charge is -2.32. The Labute approximate surface area is 158 Å². The maximum atomic E-state index is 12.1. The number of nitrogens with one attached hydrogen (secondary N) is 2. The Kier molecular flexibility index (Phi) is 7.86. The van der Waals surface area contributed by atoms with Gasteiger partial charge in [-0.25, -0.2) is 13.1 Å². The highest BCUT2D eigenvalue weighted by molar-refractivity contribution is 9.10. The van der Waals surface area contributed by atoms with Crippen molar-refractivity contribution in [3.63, 3.8) is 0 Å². The third-order valence-corrected chi connectivity index (χ3v) is 6.27. The van der Waals surface area contributed by atoms with Crippen molar-refractivity contribution < 1.29 is 13.2 Å². The molecule has 2 N–H and O–H groups in total. The van der Waals surface area contributed by atoms with Crippen molar-refractivity contribution in [2.75, 3.05) is 26.2 Å². The Bertz CT molecular complexity index is 656. The Morgan fingerprint density at radius 1 is 1.24 bits per heavy atom. The van der Waals surface area contributed by atoms with Crippen LogP contribution in [0.1, 0.15) is 32.6 Å². The topological polar surface area (TPSA) is 78.5 Å². The van der Waals surface area contributed by atoms with Gasteiger partial charge in [0.15, 0.2) is 0 Å². The normalized spacial score (nSPS) is 16.7. The zero-order valence-corrected chi connectivity index (χ0v) is 16.9. The number of halogens is 1. The van der Waals surface area contributed by atoms with Gasteiger partial charge in [-0.3, -0.25) is 4.79 Å². The highest BCUT2D eigenvalue weighted by Crippen LogP contribution is 2.14. The molecule has 1 heterocycles. The van der Waals surface area contributed by atoms with Gasteiger partial charge in [0.25, 0.3) is 0 Å². The van der Waals surface area contributed by atoms with Crippen LogP contribution in [0.5, 0.6) is 0 Å². The quantitative estimate of drug-likeness (QED) is 0.660. The summed E-state index contributed by atoms with van der Waals surface area (Å²) in [5.74, 6) is -0.104. The van der Waals surface area contributed by atoms with Crippen LogP contribution >= 0.6 is 15.9 Å². The second-order valence-corrected chi connectivity index (χ2v) is 8.97. The molecular formula is C17H26BrN3O3S. The van der Waals surface area contributed by atoms with Gasteiger partial charge in [0.05, 0.1) is 4.90 Å². The molecule has 1 fully saturated rings. The molecule has 0 aromatic heterocycles. The fraction of sp³-hybridized carbons (Fsp3) is 0.588. The van der Waals surface area contributed by atoms with E-state index in [9.17, 15) is 13.2 Å². The molecule has 0 radical (unpaired) electrons. The first-order valence-electron chi connectivity index (χ1n) is 8.67. The lowest BCUT2D eigenvalue weighted by molar-refractivity contribution is -0.121. The smallest absolute Gasteiger partial charge is 0.240 e. The first-order chi connectivity index (χ1) is 11.9. The molecule has 2 rings (SSSR count). The van der Waals surface area contributed by atoms with E-state index in [-0.39, 0.29) is 29.8 Å². The van der Waals surface area contributed by atoms with Gasteiger partial charge in [0.2, 0.25) is 15.9 Å². The van der Waals surface area contributed by atoms with Crippen molar-refractivity contribution in [1.82, 2.24) is 14.9 Å². The molecule has 140 valence electrons. The molecule has 1 aliphatic rings. The molecule has 1 aromatic rings.